The molecule has 0 radical (unpaired) electrons. The lowest BCUT2D eigenvalue weighted by molar-refractivity contribution is -0.129. The predicted molar refractivity (Wildman–Crippen MR) is 160 cm³/mol. The number of aliphatic imine (C=N–C) groups is 2. The average Bonchev–Trinajstić information content (AvgIpc) is 2.91. The first-order valence-electron chi connectivity index (χ1n) is 14.8. The zero-order valence-electron chi connectivity index (χ0n) is 24.7. The van der Waals surface area contributed by atoms with E-state index in [9.17, 15) is 19.2 Å². The number of carbonyl (C=O) groups is 4. The van der Waals surface area contributed by atoms with Gasteiger partial charge in [0, 0.05) is 63.7 Å². The Labute approximate surface area is 239 Å². The third-order valence-corrected chi connectivity index (χ3v) is 6.61. The Morgan fingerprint density at radius 1 is 0.625 bits per heavy atom. The molecule has 10 N–H and O–H groups in total. The standard InChI is InChI=1S/C28H54N8O4/c1-3-5-8-15-33-26(40)22(13-11-18-36-28(31)32)20-24(38)14-7-6-9-16-34-25(39)21(19-23(37)4-2)12-10-17-35-27(29)30/h21-22H,3-20H2,1-2H3,(H,33,40)(H,34,39)(H4,29,30,35)(H4,31,32,36). The number of ketones is 2. The summed E-state index contributed by atoms with van der Waals surface area (Å²) in [5.74, 6) is -0.906. The Balaban J connectivity index is 4.52. The highest BCUT2D eigenvalue weighted by Crippen LogP contribution is 2.16. The van der Waals surface area contributed by atoms with E-state index in [-0.39, 0.29) is 48.1 Å². The summed E-state index contributed by atoms with van der Waals surface area (Å²) in [6, 6.07) is 0. The molecule has 2 unspecified atom stereocenters. The molecule has 0 aromatic carbocycles. The summed E-state index contributed by atoms with van der Waals surface area (Å²) >= 11 is 0. The molecule has 0 rings (SSSR count). The number of nitrogens with two attached hydrogens (primary N) is 4. The van der Waals surface area contributed by atoms with Crippen molar-refractivity contribution in [2.75, 3.05) is 26.2 Å². The quantitative estimate of drug-likeness (QED) is 0.0540. The molecule has 40 heavy (non-hydrogen) atoms. The number of hydrogen-bond donors (Lipinski definition) is 6. The first kappa shape index (κ1) is 36.8. The molecular weight excluding hydrogens is 512 g/mol. The van der Waals surface area contributed by atoms with Gasteiger partial charge in [-0.1, -0.05) is 33.1 Å². The molecule has 2 atom stereocenters. The van der Waals surface area contributed by atoms with E-state index in [1.165, 1.54) is 0 Å². The highest BCUT2D eigenvalue weighted by atomic mass is 16.2. The van der Waals surface area contributed by atoms with Crippen LogP contribution >= 0.6 is 0 Å². The van der Waals surface area contributed by atoms with Crippen molar-refractivity contribution in [3.05, 3.63) is 0 Å². The van der Waals surface area contributed by atoms with Gasteiger partial charge < -0.3 is 33.6 Å². The van der Waals surface area contributed by atoms with Crippen LogP contribution in [-0.4, -0.2) is 61.5 Å². The summed E-state index contributed by atoms with van der Waals surface area (Å²) < 4.78 is 0. The van der Waals surface area contributed by atoms with Crippen molar-refractivity contribution in [1.29, 1.82) is 0 Å². The van der Waals surface area contributed by atoms with Gasteiger partial charge in [-0.25, -0.2) is 0 Å². The number of unbranched alkanes of at least 4 members (excludes halogenated alkanes) is 4. The molecule has 0 aromatic rings. The Hall–Kier alpha value is -3.18. The van der Waals surface area contributed by atoms with E-state index in [1.54, 1.807) is 6.92 Å². The molecule has 12 nitrogen and oxygen atoms in total. The van der Waals surface area contributed by atoms with Crippen molar-refractivity contribution >= 4 is 35.3 Å². The number of nitrogens with zero attached hydrogens (tertiary/aromatic N) is 2. The molecular formula is C28H54N8O4. The zero-order valence-corrected chi connectivity index (χ0v) is 24.7. The molecule has 0 saturated carbocycles. The van der Waals surface area contributed by atoms with Gasteiger partial charge in [0.05, 0.1) is 0 Å². The molecule has 0 saturated heterocycles. The minimum Gasteiger partial charge on any atom is -0.370 e. The lowest BCUT2D eigenvalue weighted by Crippen LogP contribution is -2.33. The van der Waals surface area contributed by atoms with Crippen LogP contribution in [0.1, 0.15) is 104 Å². The molecule has 12 heteroatoms. The van der Waals surface area contributed by atoms with Gasteiger partial charge in [0.15, 0.2) is 11.9 Å². The van der Waals surface area contributed by atoms with Crippen LogP contribution in [0, 0.1) is 11.8 Å². The molecule has 2 amide bonds. The Morgan fingerprint density at radius 3 is 1.55 bits per heavy atom. The number of carbonyl (C=O) groups excluding carboxylic acids is 4. The normalized spacial score (nSPS) is 12.2. The third kappa shape index (κ3) is 20.7. The minimum absolute atomic E-state index is 0.00756. The number of hydrogen-bond acceptors (Lipinski definition) is 6. The van der Waals surface area contributed by atoms with Gasteiger partial charge in [-0.15, -0.1) is 0 Å². The number of rotatable bonds is 25. The second-order valence-electron chi connectivity index (χ2n) is 10.2. The summed E-state index contributed by atoms with van der Waals surface area (Å²) in [6.45, 7) is 5.81. The second-order valence-corrected chi connectivity index (χ2v) is 10.2. The monoisotopic (exact) mass is 566 g/mol. The molecule has 0 spiro atoms. The second kappa shape index (κ2) is 23.7. The summed E-state index contributed by atoms with van der Waals surface area (Å²) in [5, 5.41) is 5.88. The van der Waals surface area contributed by atoms with E-state index in [4.69, 9.17) is 22.9 Å². The summed E-state index contributed by atoms with van der Waals surface area (Å²) in [5.41, 5.74) is 21.4. The van der Waals surface area contributed by atoms with Crippen molar-refractivity contribution in [2.24, 2.45) is 44.8 Å². The fourth-order valence-electron chi connectivity index (χ4n) is 4.25. The Kier molecular flexibility index (Phi) is 21.8. The van der Waals surface area contributed by atoms with Gasteiger partial charge in [0.1, 0.15) is 11.6 Å². The number of guanidine groups is 2. The number of amides is 2. The van der Waals surface area contributed by atoms with Crippen LogP contribution in [0.15, 0.2) is 9.98 Å². The highest BCUT2D eigenvalue weighted by molar-refractivity contribution is 5.87. The van der Waals surface area contributed by atoms with Gasteiger partial charge in [-0.05, 0) is 44.9 Å². The molecule has 0 aliphatic heterocycles. The molecule has 0 aromatic heterocycles. The first-order valence-corrected chi connectivity index (χ1v) is 14.8. The summed E-state index contributed by atoms with van der Waals surface area (Å²) in [4.78, 5) is 57.8. The van der Waals surface area contributed by atoms with Crippen LogP contribution in [0.2, 0.25) is 0 Å². The van der Waals surface area contributed by atoms with E-state index < -0.39 is 11.8 Å². The largest absolute Gasteiger partial charge is 0.370 e. The third-order valence-electron chi connectivity index (χ3n) is 6.61. The van der Waals surface area contributed by atoms with Crippen molar-refractivity contribution in [2.45, 2.75) is 104 Å². The van der Waals surface area contributed by atoms with E-state index in [0.717, 1.165) is 32.1 Å². The molecule has 0 fully saturated rings. The van der Waals surface area contributed by atoms with Gasteiger partial charge >= 0.3 is 0 Å². The van der Waals surface area contributed by atoms with E-state index >= 15 is 0 Å². The fourth-order valence-corrected chi connectivity index (χ4v) is 4.25. The maximum Gasteiger partial charge on any atom is 0.223 e. The smallest absolute Gasteiger partial charge is 0.223 e. The SMILES string of the molecule is CCCCCNC(=O)C(CCCN=C(N)N)CC(=O)CCCCCNC(=O)C(CCCN=C(N)N)CC(=O)CC. The Bertz CT molecular complexity index is 808. The van der Waals surface area contributed by atoms with Gasteiger partial charge in [-0.3, -0.25) is 29.2 Å². The maximum atomic E-state index is 12.7. The lowest BCUT2D eigenvalue weighted by Gasteiger charge is -2.16. The van der Waals surface area contributed by atoms with Crippen LogP contribution < -0.4 is 33.6 Å². The lowest BCUT2D eigenvalue weighted by atomic mass is 9.93. The van der Waals surface area contributed by atoms with E-state index in [0.29, 0.717) is 71.1 Å². The van der Waals surface area contributed by atoms with Crippen molar-refractivity contribution in [1.82, 2.24) is 10.6 Å². The molecule has 0 bridgehead atoms. The van der Waals surface area contributed by atoms with Crippen LogP contribution in [0.3, 0.4) is 0 Å². The van der Waals surface area contributed by atoms with E-state index in [1.807, 2.05) is 0 Å². The summed E-state index contributed by atoms with van der Waals surface area (Å²) in [6.07, 6.45) is 8.71. The molecule has 0 aliphatic rings. The molecule has 0 aliphatic carbocycles. The summed E-state index contributed by atoms with van der Waals surface area (Å²) in [7, 11) is 0. The van der Waals surface area contributed by atoms with Crippen LogP contribution in [0.5, 0.6) is 0 Å². The van der Waals surface area contributed by atoms with Crippen LogP contribution in [-0.2, 0) is 19.2 Å². The van der Waals surface area contributed by atoms with Crippen molar-refractivity contribution in [3.8, 4) is 0 Å². The van der Waals surface area contributed by atoms with Crippen molar-refractivity contribution < 1.29 is 19.2 Å². The van der Waals surface area contributed by atoms with Crippen LogP contribution in [0.4, 0.5) is 0 Å². The maximum absolute atomic E-state index is 12.7. The first-order chi connectivity index (χ1) is 19.1. The fraction of sp³-hybridized carbons (Fsp3) is 0.786. The van der Waals surface area contributed by atoms with Crippen molar-refractivity contribution in [3.63, 3.8) is 0 Å². The highest BCUT2D eigenvalue weighted by Gasteiger charge is 2.22. The molecule has 230 valence electrons. The minimum atomic E-state index is -0.403. The van der Waals surface area contributed by atoms with Gasteiger partial charge in [-0.2, -0.15) is 0 Å². The average molecular weight is 567 g/mol. The molecule has 0 heterocycles. The zero-order chi connectivity index (χ0) is 30.2. The van der Waals surface area contributed by atoms with Crippen LogP contribution in [0.25, 0.3) is 0 Å². The van der Waals surface area contributed by atoms with E-state index in [2.05, 4.69) is 27.5 Å². The van der Waals surface area contributed by atoms with Gasteiger partial charge in [0.2, 0.25) is 11.8 Å². The number of Topliss-reactive ketones (excluding diaryl/α,β-unsaturated/α-hetero) is 2. The van der Waals surface area contributed by atoms with Gasteiger partial charge in [0.25, 0.3) is 0 Å². The number of nitrogens with one attached hydrogen (secondary N) is 2. The predicted octanol–water partition coefficient (Wildman–Crippen LogP) is 1.64. The Morgan fingerprint density at radius 2 is 1.10 bits per heavy atom. The topological polar surface area (TPSA) is 221 Å².